The van der Waals surface area contributed by atoms with E-state index in [0.717, 1.165) is 5.56 Å². The van der Waals surface area contributed by atoms with Gasteiger partial charge in [0.2, 0.25) is 0 Å². The highest BCUT2D eigenvalue weighted by Crippen LogP contribution is 2.30. The molecule has 4 heteroatoms. The Morgan fingerprint density at radius 2 is 1.72 bits per heavy atom. The van der Waals surface area contributed by atoms with Crippen molar-refractivity contribution in [3.05, 3.63) is 35.9 Å². The number of hydrogen-bond donors (Lipinski definition) is 0. The molecular weight excluding hydrogens is 244 g/mol. The van der Waals surface area contributed by atoms with Crippen LogP contribution in [0.2, 0.25) is 19.6 Å². The number of hydrogen-bond acceptors (Lipinski definition) is 3. The summed E-state index contributed by atoms with van der Waals surface area (Å²) in [5, 5.41) is 0. The van der Waals surface area contributed by atoms with Gasteiger partial charge >= 0.3 is 5.97 Å². The van der Waals surface area contributed by atoms with E-state index in [4.69, 9.17) is 9.16 Å². The smallest absolute Gasteiger partial charge is 0.311 e. The van der Waals surface area contributed by atoms with Crippen molar-refractivity contribution in [3.63, 3.8) is 0 Å². The molecule has 2 atom stereocenters. The Hall–Kier alpha value is -1.13. The zero-order valence-corrected chi connectivity index (χ0v) is 12.8. The summed E-state index contributed by atoms with van der Waals surface area (Å²) in [4.78, 5) is 11.7. The number of ether oxygens (including phenoxy) is 1. The third kappa shape index (κ3) is 4.27. The highest BCUT2D eigenvalue weighted by atomic mass is 28.4. The van der Waals surface area contributed by atoms with Crippen LogP contribution >= 0.6 is 0 Å². The molecule has 0 aromatic heterocycles. The third-order valence-corrected chi connectivity index (χ3v) is 3.60. The summed E-state index contributed by atoms with van der Waals surface area (Å²) in [7, 11) is -0.320. The van der Waals surface area contributed by atoms with Crippen LogP contribution in [0.4, 0.5) is 0 Å². The van der Waals surface area contributed by atoms with E-state index in [0.29, 0.717) is 0 Å². The second-order valence-corrected chi connectivity index (χ2v) is 9.83. The molecule has 0 amide bonds. The summed E-state index contributed by atoms with van der Waals surface area (Å²) >= 11 is 0. The summed E-state index contributed by atoms with van der Waals surface area (Å²) < 4.78 is 11.0. The van der Waals surface area contributed by atoms with Crippen molar-refractivity contribution in [1.29, 1.82) is 0 Å². The van der Waals surface area contributed by atoms with Crippen molar-refractivity contribution in [2.75, 3.05) is 7.11 Å². The molecule has 18 heavy (non-hydrogen) atoms. The fraction of sp³-hybridized carbons (Fsp3) is 0.500. The zero-order chi connectivity index (χ0) is 13.8. The average molecular weight is 266 g/mol. The van der Waals surface area contributed by atoms with Crippen LogP contribution in [0.25, 0.3) is 0 Å². The Morgan fingerprint density at radius 3 is 2.17 bits per heavy atom. The summed E-state index contributed by atoms with van der Waals surface area (Å²) in [6.07, 6.45) is -0.231. The monoisotopic (exact) mass is 266 g/mol. The topological polar surface area (TPSA) is 35.5 Å². The molecule has 0 unspecified atom stereocenters. The molecule has 3 nitrogen and oxygen atoms in total. The Balaban J connectivity index is 2.99. The van der Waals surface area contributed by atoms with E-state index in [1.165, 1.54) is 7.11 Å². The van der Waals surface area contributed by atoms with Crippen molar-refractivity contribution in [2.45, 2.75) is 32.7 Å². The number of methoxy groups -OCH3 is 1. The first kappa shape index (κ1) is 14.9. The Bertz CT molecular complexity index is 384. The average Bonchev–Trinajstić information content (AvgIpc) is 2.34. The molecule has 0 fully saturated rings. The van der Waals surface area contributed by atoms with Crippen molar-refractivity contribution in [2.24, 2.45) is 5.92 Å². The van der Waals surface area contributed by atoms with Gasteiger partial charge in [-0.3, -0.25) is 4.79 Å². The van der Waals surface area contributed by atoms with Crippen molar-refractivity contribution >= 4 is 14.3 Å². The number of carbonyl (C=O) groups is 1. The van der Waals surface area contributed by atoms with Crippen LogP contribution in [0.15, 0.2) is 30.3 Å². The lowest BCUT2D eigenvalue weighted by atomic mass is 9.98. The van der Waals surface area contributed by atoms with E-state index >= 15 is 0 Å². The minimum atomic E-state index is -1.73. The van der Waals surface area contributed by atoms with E-state index in [9.17, 15) is 4.79 Å². The van der Waals surface area contributed by atoms with E-state index < -0.39 is 8.32 Å². The van der Waals surface area contributed by atoms with E-state index in [-0.39, 0.29) is 18.0 Å². The lowest BCUT2D eigenvalue weighted by Crippen LogP contribution is -2.33. The molecule has 0 radical (unpaired) electrons. The van der Waals surface area contributed by atoms with Crippen LogP contribution in [0.1, 0.15) is 18.6 Å². The van der Waals surface area contributed by atoms with Gasteiger partial charge in [0.25, 0.3) is 0 Å². The van der Waals surface area contributed by atoms with Crippen molar-refractivity contribution < 1.29 is 14.0 Å². The summed E-state index contributed by atoms with van der Waals surface area (Å²) in [5.74, 6) is -0.536. The van der Waals surface area contributed by atoms with Crippen LogP contribution in [0.5, 0.6) is 0 Å². The van der Waals surface area contributed by atoms with E-state index in [1.54, 1.807) is 0 Å². The SMILES string of the molecule is COC(=O)[C@H](C)[C@H](O[Si](C)(C)C)c1ccccc1. The minimum absolute atomic E-state index is 0.231. The molecule has 0 bridgehead atoms. The molecule has 0 aliphatic rings. The van der Waals surface area contributed by atoms with Gasteiger partial charge < -0.3 is 9.16 Å². The largest absolute Gasteiger partial charge is 0.469 e. The first-order valence-electron chi connectivity index (χ1n) is 6.16. The maximum absolute atomic E-state index is 11.7. The minimum Gasteiger partial charge on any atom is -0.469 e. The first-order valence-corrected chi connectivity index (χ1v) is 9.56. The third-order valence-electron chi connectivity index (χ3n) is 2.64. The number of carbonyl (C=O) groups excluding carboxylic acids is 1. The van der Waals surface area contributed by atoms with Gasteiger partial charge in [-0.1, -0.05) is 30.3 Å². The lowest BCUT2D eigenvalue weighted by Gasteiger charge is -2.30. The van der Waals surface area contributed by atoms with Gasteiger partial charge in [-0.2, -0.15) is 0 Å². The molecular formula is C14H22O3Si. The number of esters is 1. The fourth-order valence-electron chi connectivity index (χ4n) is 1.79. The predicted octanol–water partition coefficient (Wildman–Crippen LogP) is 3.39. The van der Waals surface area contributed by atoms with Crippen LogP contribution in [-0.4, -0.2) is 21.4 Å². The Labute approximate surface area is 110 Å². The van der Waals surface area contributed by atoms with Gasteiger partial charge in [0.05, 0.1) is 19.1 Å². The maximum Gasteiger partial charge on any atom is 0.311 e. The van der Waals surface area contributed by atoms with Gasteiger partial charge in [0, 0.05) is 0 Å². The van der Waals surface area contributed by atoms with E-state index in [2.05, 4.69) is 19.6 Å². The molecule has 0 aliphatic carbocycles. The molecule has 0 heterocycles. The second kappa shape index (κ2) is 6.16. The van der Waals surface area contributed by atoms with Crippen molar-refractivity contribution in [3.8, 4) is 0 Å². The van der Waals surface area contributed by atoms with Crippen molar-refractivity contribution in [1.82, 2.24) is 0 Å². The van der Waals surface area contributed by atoms with Crippen LogP contribution < -0.4 is 0 Å². The lowest BCUT2D eigenvalue weighted by molar-refractivity contribution is -0.148. The quantitative estimate of drug-likeness (QED) is 0.605. The summed E-state index contributed by atoms with van der Waals surface area (Å²) in [6.45, 7) is 8.20. The number of benzene rings is 1. The molecule has 0 saturated heterocycles. The molecule has 1 aromatic carbocycles. The molecule has 100 valence electrons. The zero-order valence-electron chi connectivity index (χ0n) is 11.8. The predicted molar refractivity (Wildman–Crippen MR) is 74.8 cm³/mol. The Kier molecular flexibility index (Phi) is 5.11. The number of rotatable bonds is 5. The maximum atomic E-state index is 11.7. The molecule has 0 aliphatic heterocycles. The summed E-state index contributed by atoms with van der Waals surface area (Å²) in [5.41, 5.74) is 1.03. The van der Waals surface area contributed by atoms with Gasteiger partial charge in [-0.25, -0.2) is 0 Å². The first-order chi connectivity index (χ1) is 8.35. The highest BCUT2D eigenvalue weighted by Gasteiger charge is 2.31. The van der Waals surface area contributed by atoms with Crippen LogP contribution in [0, 0.1) is 5.92 Å². The van der Waals surface area contributed by atoms with Crippen LogP contribution in [-0.2, 0) is 14.0 Å². The normalized spacial score (nSPS) is 14.9. The fourth-order valence-corrected chi connectivity index (χ4v) is 2.89. The van der Waals surface area contributed by atoms with Gasteiger partial charge in [-0.15, -0.1) is 0 Å². The van der Waals surface area contributed by atoms with Gasteiger partial charge in [0.15, 0.2) is 8.32 Å². The summed E-state index contributed by atoms with van der Waals surface area (Å²) in [6, 6.07) is 9.85. The second-order valence-electron chi connectivity index (χ2n) is 5.37. The molecule has 0 saturated carbocycles. The standard InChI is InChI=1S/C14H22O3Si/c1-11(14(15)16-2)13(17-18(3,4)5)12-9-7-6-8-10-12/h6-11,13H,1-5H3/t11-,13+/m1/s1. The highest BCUT2D eigenvalue weighted by molar-refractivity contribution is 6.69. The van der Waals surface area contributed by atoms with Crippen LogP contribution in [0.3, 0.4) is 0 Å². The van der Waals surface area contributed by atoms with Gasteiger partial charge in [-0.05, 0) is 32.1 Å². The molecule has 0 spiro atoms. The van der Waals surface area contributed by atoms with E-state index in [1.807, 2.05) is 37.3 Å². The molecule has 1 rings (SSSR count). The molecule has 0 N–H and O–H groups in total. The van der Waals surface area contributed by atoms with Gasteiger partial charge in [0.1, 0.15) is 0 Å². The Morgan fingerprint density at radius 1 is 1.17 bits per heavy atom. The molecule has 1 aromatic rings.